The van der Waals surface area contributed by atoms with Crippen LogP contribution in [0.3, 0.4) is 0 Å². The van der Waals surface area contributed by atoms with Crippen molar-refractivity contribution in [3.8, 4) is 0 Å². The van der Waals surface area contributed by atoms with E-state index in [1.165, 1.54) is 12.2 Å². The Hall–Kier alpha value is -1.95. The zero-order valence-electron chi connectivity index (χ0n) is 9.51. The lowest BCUT2D eigenvalue weighted by atomic mass is 10.2. The maximum Gasteiger partial charge on any atom is 0.265 e. The van der Waals surface area contributed by atoms with Crippen molar-refractivity contribution in [2.24, 2.45) is 0 Å². The molecule has 98 valence electrons. The van der Waals surface area contributed by atoms with E-state index in [1.807, 2.05) is 0 Å². The Morgan fingerprint density at radius 2 is 2.22 bits per heavy atom. The molecule has 1 unspecified atom stereocenters. The molecule has 0 saturated heterocycles. The molecule has 0 aliphatic heterocycles. The minimum absolute atomic E-state index is 0.488. The van der Waals surface area contributed by atoms with Crippen LogP contribution in [0.25, 0.3) is 6.08 Å². The average Bonchev–Trinajstić information content (AvgIpc) is 2.33. The van der Waals surface area contributed by atoms with Crippen molar-refractivity contribution in [2.45, 2.75) is 12.5 Å². The Bertz CT molecular complexity index is 436. The van der Waals surface area contributed by atoms with Gasteiger partial charge in [-0.3, -0.25) is 4.79 Å². The second kappa shape index (κ2) is 6.70. The van der Waals surface area contributed by atoms with Gasteiger partial charge in [0, 0.05) is 18.3 Å². The van der Waals surface area contributed by atoms with E-state index in [4.69, 9.17) is 10.8 Å². The number of carbonyl (C=O) groups is 1. The van der Waals surface area contributed by atoms with Gasteiger partial charge in [0.05, 0.1) is 0 Å². The van der Waals surface area contributed by atoms with Gasteiger partial charge in [-0.15, -0.1) is 0 Å². The van der Waals surface area contributed by atoms with E-state index >= 15 is 0 Å². The lowest BCUT2D eigenvalue weighted by Gasteiger charge is -2.08. The van der Waals surface area contributed by atoms with E-state index in [-0.39, 0.29) is 0 Å². The van der Waals surface area contributed by atoms with E-state index in [1.54, 1.807) is 24.3 Å². The number of alkyl halides is 2. The topological polar surface area (TPSA) is 75.4 Å². The number of hydrogen-bond donors (Lipinski definition) is 3. The number of hydrogen-bond acceptors (Lipinski definition) is 3. The van der Waals surface area contributed by atoms with E-state index in [0.717, 1.165) is 5.56 Å². The molecule has 1 aromatic rings. The minimum atomic E-state index is -2.87. The molecule has 0 radical (unpaired) electrons. The predicted molar refractivity (Wildman–Crippen MR) is 64.9 cm³/mol. The van der Waals surface area contributed by atoms with Gasteiger partial charge in [0.1, 0.15) is 6.10 Å². The van der Waals surface area contributed by atoms with Gasteiger partial charge in [-0.25, -0.2) is 8.78 Å². The number of aliphatic hydroxyl groups excluding tert-OH is 1. The van der Waals surface area contributed by atoms with Crippen LogP contribution in [0.2, 0.25) is 0 Å². The zero-order chi connectivity index (χ0) is 13.5. The molecule has 0 bridgehead atoms. The predicted octanol–water partition coefficient (Wildman–Crippen LogP) is 1.02. The molecule has 1 atom stereocenters. The number of halogens is 2. The number of rotatable bonds is 5. The summed E-state index contributed by atoms with van der Waals surface area (Å²) in [6.45, 7) is -0.488. The molecule has 1 rings (SSSR count). The molecule has 1 amide bonds. The van der Waals surface area contributed by atoms with E-state index in [0.29, 0.717) is 5.69 Å². The van der Waals surface area contributed by atoms with Gasteiger partial charge in [0.25, 0.3) is 6.43 Å². The molecular formula is C12H14F2N2O2. The molecule has 0 aliphatic carbocycles. The third-order valence-electron chi connectivity index (χ3n) is 2.11. The third-order valence-corrected chi connectivity index (χ3v) is 2.11. The summed E-state index contributed by atoms with van der Waals surface area (Å²) in [7, 11) is 0. The van der Waals surface area contributed by atoms with Crippen molar-refractivity contribution in [3.63, 3.8) is 0 Å². The summed E-state index contributed by atoms with van der Waals surface area (Å²) >= 11 is 0. The fourth-order valence-corrected chi connectivity index (χ4v) is 1.19. The Morgan fingerprint density at radius 3 is 2.83 bits per heavy atom. The zero-order valence-corrected chi connectivity index (χ0v) is 9.51. The number of nitrogens with two attached hydrogens (primary N) is 1. The first-order chi connectivity index (χ1) is 8.49. The van der Waals surface area contributed by atoms with Crippen LogP contribution in [0.15, 0.2) is 30.3 Å². The number of amides is 1. The summed E-state index contributed by atoms with van der Waals surface area (Å²) < 4.78 is 23.9. The van der Waals surface area contributed by atoms with Crippen LogP contribution in [-0.4, -0.2) is 30.1 Å². The van der Waals surface area contributed by atoms with Crippen molar-refractivity contribution < 1.29 is 18.7 Å². The SMILES string of the molecule is Nc1cccc(/C=C/C(=O)NCC(O)C(F)F)c1. The first-order valence-electron chi connectivity index (χ1n) is 5.26. The van der Waals surface area contributed by atoms with Crippen molar-refractivity contribution in [3.05, 3.63) is 35.9 Å². The number of benzene rings is 1. The molecule has 4 nitrogen and oxygen atoms in total. The van der Waals surface area contributed by atoms with Crippen LogP contribution in [0.4, 0.5) is 14.5 Å². The molecule has 0 saturated carbocycles. The van der Waals surface area contributed by atoms with Gasteiger partial charge in [-0.1, -0.05) is 12.1 Å². The van der Waals surface area contributed by atoms with Gasteiger partial charge < -0.3 is 16.2 Å². The van der Waals surface area contributed by atoms with Crippen LogP contribution in [0, 0.1) is 0 Å². The highest BCUT2D eigenvalue weighted by atomic mass is 19.3. The summed E-state index contributed by atoms with van der Waals surface area (Å²) in [5.74, 6) is -0.558. The number of anilines is 1. The summed E-state index contributed by atoms with van der Waals surface area (Å²) in [4.78, 5) is 11.2. The monoisotopic (exact) mass is 256 g/mol. The second-order valence-electron chi connectivity index (χ2n) is 3.65. The fraction of sp³-hybridized carbons (Fsp3) is 0.250. The molecule has 0 fully saturated rings. The van der Waals surface area contributed by atoms with E-state index < -0.39 is 25.0 Å². The highest BCUT2D eigenvalue weighted by molar-refractivity contribution is 5.91. The fourth-order valence-electron chi connectivity index (χ4n) is 1.19. The molecule has 0 aliphatic rings. The van der Waals surface area contributed by atoms with E-state index in [2.05, 4.69) is 5.32 Å². The maximum absolute atomic E-state index is 11.9. The number of carbonyl (C=O) groups excluding carboxylic acids is 1. The van der Waals surface area contributed by atoms with Gasteiger partial charge in [-0.05, 0) is 23.8 Å². The molecule has 18 heavy (non-hydrogen) atoms. The second-order valence-corrected chi connectivity index (χ2v) is 3.65. The highest BCUT2D eigenvalue weighted by Gasteiger charge is 2.16. The number of aliphatic hydroxyl groups is 1. The van der Waals surface area contributed by atoms with Crippen LogP contribution >= 0.6 is 0 Å². The summed E-state index contributed by atoms with van der Waals surface area (Å²) in [5, 5.41) is 11.0. The first-order valence-corrected chi connectivity index (χ1v) is 5.26. The largest absolute Gasteiger partial charge is 0.399 e. The van der Waals surface area contributed by atoms with Crippen LogP contribution < -0.4 is 11.1 Å². The van der Waals surface area contributed by atoms with Gasteiger partial charge >= 0.3 is 0 Å². The van der Waals surface area contributed by atoms with Crippen molar-refractivity contribution in [1.29, 1.82) is 0 Å². The standard InChI is InChI=1S/C12H14F2N2O2/c13-12(14)10(17)7-16-11(18)5-4-8-2-1-3-9(15)6-8/h1-6,10,12,17H,7,15H2,(H,16,18)/b5-4+. The van der Waals surface area contributed by atoms with Gasteiger partial charge in [0.2, 0.25) is 5.91 Å². The summed E-state index contributed by atoms with van der Waals surface area (Å²) in [5.41, 5.74) is 6.83. The van der Waals surface area contributed by atoms with Crippen LogP contribution in [-0.2, 0) is 4.79 Å². The van der Waals surface area contributed by atoms with Crippen LogP contribution in [0.5, 0.6) is 0 Å². The first kappa shape index (κ1) is 14.1. The molecule has 0 aromatic heterocycles. The van der Waals surface area contributed by atoms with Gasteiger partial charge in [0.15, 0.2) is 0 Å². The van der Waals surface area contributed by atoms with Crippen molar-refractivity contribution in [1.82, 2.24) is 5.32 Å². The number of nitrogen functional groups attached to an aromatic ring is 1. The molecular weight excluding hydrogens is 242 g/mol. The Kier molecular flexibility index (Phi) is 5.26. The average molecular weight is 256 g/mol. The molecule has 0 heterocycles. The van der Waals surface area contributed by atoms with Gasteiger partial charge in [-0.2, -0.15) is 0 Å². The van der Waals surface area contributed by atoms with Crippen molar-refractivity contribution in [2.75, 3.05) is 12.3 Å². The Morgan fingerprint density at radius 1 is 1.50 bits per heavy atom. The lowest BCUT2D eigenvalue weighted by molar-refractivity contribution is -0.117. The summed E-state index contributed by atoms with van der Waals surface area (Å²) in [6.07, 6.45) is -2.04. The quantitative estimate of drug-likeness (QED) is 0.544. The molecule has 4 N–H and O–H groups in total. The Balaban J connectivity index is 2.45. The third kappa shape index (κ3) is 4.92. The normalized spacial score (nSPS) is 12.9. The van der Waals surface area contributed by atoms with Crippen LogP contribution in [0.1, 0.15) is 5.56 Å². The van der Waals surface area contributed by atoms with Crippen molar-refractivity contribution >= 4 is 17.7 Å². The Labute approximate surface area is 103 Å². The maximum atomic E-state index is 11.9. The molecule has 0 spiro atoms. The number of nitrogens with one attached hydrogen (secondary N) is 1. The van der Waals surface area contributed by atoms with E-state index in [9.17, 15) is 13.6 Å². The smallest absolute Gasteiger partial charge is 0.265 e. The minimum Gasteiger partial charge on any atom is -0.399 e. The summed E-state index contributed by atoms with van der Waals surface area (Å²) in [6, 6.07) is 6.84. The molecule has 6 heteroatoms. The molecule has 1 aromatic carbocycles. The highest BCUT2D eigenvalue weighted by Crippen LogP contribution is 2.07. The lowest BCUT2D eigenvalue weighted by Crippen LogP contribution is -2.34.